The molecule has 0 saturated carbocycles. The van der Waals surface area contributed by atoms with Gasteiger partial charge in [0.15, 0.2) is 0 Å². The number of hydrogen-bond acceptors (Lipinski definition) is 5. The number of methoxy groups -OCH3 is 1. The molecule has 0 fully saturated rings. The number of aliphatic hydroxyl groups excluding tert-OH is 1. The summed E-state index contributed by atoms with van der Waals surface area (Å²) in [5.41, 5.74) is 0.593. The topological polar surface area (TPSA) is 66.8 Å². The van der Waals surface area contributed by atoms with E-state index in [-0.39, 0.29) is 30.4 Å². The summed E-state index contributed by atoms with van der Waals surface area (Å²) in [4.78, 5) is 26.4. The van der Waals surface area contributed by atoms with E-state index in [0.717, 1.165) is 15.8 Å². The van der Waals surface area contributed by atoms with Crippen LogP contribution in [-0.2, 0) is 9.53 Å². The van der Waals surface area contributed by atoms with Crippen molar-refractivity contribution in [2.75, 3.05) is 25.2 Å². The normalized spacial score (nSPS) is 11.5. The number of fused-ring (bicyclic) bond motifs is 1. The fourth-order valence-electron chi connectivity index (χ4n) is 2.45. The van der Waals surface area contributed by atoms with E-state index in [1.807, 2.05) is 39.0 Å². The van der Waals surface area contributed by atoms with E-state index in [1.54, 1.807) is 11.0 Å². The Balaban J connectivity index is 2.36. The summed E-state index contributed by atoms with van der Waals surface area (Å²) in [6.45, 7) is 6.16. The Morgan fingerprint density at radius 3 is 2.54 bits per heavy atom. The van der Waals surface area contributed by atoms with Gasteiger partial charge < -0.3 is 14.7 Å². The Morgan fingerprint density at radius 2 is 1.96 bits per heavy atom. The molecule has 24 heavy (non-hydrogen) atoms. The van der Waals surface area contributed by atoms with Crippen molar-refractivity contribution in [1.82, 2.24) is 0 Å². The van der Waals surface area contributed by atoms with Gasteiger partial charge >= 0.3 is 5.97 Å². The highest BCUT2D eigenvalue weighted by atomic mass is 32.1. The van der Waals surface area contributed by atoms with Crippen molar-refractivity contribution in [2.24, 2.45) is 5.41 Å². The van der Waals surface area contributed by atoms with Gasteiger partial charge in [-0.3, -0.25) is 4.79 Å². The van der Waals surface area contributed by atoms with Crippen molar-refractivity contribution < 1.29 is 19.4 Å². The first-order chi connectivity index (χ1) is 11.2. The molecule has 1 N–H and O–H groups in total. The lowest BCUT2D eigenvalue weighted by Crippen LogP contribution is -2.35. The first-order valence-electron chi connectivity index (χ1n) is 7.78. The lowest BCUT2D eigenvalue weighted by molar-refractivity contribution is -0.120. The highest BCUT2D eigenvalue weighted by molar-refractivity contribution is 7.20. The van der Waals surface area contributed by atoms with Gasteiger partial charge in [0.25, 0.3) is 0 Å². The number of aliphatic hydroxyl groups is 1. The molecule has 0 atom stereocenters. The van der Waals surface area contributed by atoms with Crippen LogP contribution < -0.4 is 4.90 Å². The van der Waals surface area contributed by atoms with Crippen LogP contribution >= 0.6 is 11.3 Å². The van der Waals surface area contributed by atoms with Gasteiger partial charge in [-0.1, -0.05) is 20.8 Å². The maximum Gasteiger partial charge on any atom is 0.348 e. The van der Waals surface area contributed by atoms with Gasteiger partial charge in [-0.05, 0) is 35.1 Å². The van der Waals surface area contributed by atoms with Gasteiger partial charge in [0.05, 0.1) is 13.7 Å². The van der Waals surface area contributed by atoms with Crippen molar-refractivity contribution >= 4 is 39.0 Å². The molecule has 2 aromatic rings. The van der Waals surface area contributed by atoms with Crippen molar-refractivity contribution in [3.05, 3.63) is 29.1 Å². The molecule has 0 radical (unpaired) electrons. The summed E-state index contributed by atoms with van der Waals surface area (Å²) in [6.07, 6.45) is 0.391. The number of hydrogen-bond donors (Lipinski definition) is 1. The Labute approximate surface area is 145 Å². The molecule has 0 bridgehead atoms. The fourth-order valence-corrected chi connectivity index (χ4v) is 3.41. The van der Waals surface area contributed by atoms with Crippen LogP contribution in [0, 0.1) is 5.41 Å². The number of rotatable bonds is 5. The highest BCUT2D eigenvalue weighted by Gasteiger charge is 2.22. The second-order valence-electron chi connectivity index (χ2n) is 6.83. The molecule has 1 aromatic carbocycles. The average Bonchev–Trinajstić information content (AvgIpc) is 2.93. The number of carbonyl (C=O) groups excluding carboxylic acids is 2. The minimum Gasteiger partial charge on any atom is -0.465 e. The van der Waals surface area contributed by atoms with Crippen LogP contribution in [0.25, 0.3) is 10.1 Å². The molecule has 2 rings (SSSR count). The Kier molecular flexibility index (Phi) is 5.62. The quantitative estimate of drug-likeness (QED) is 0.840. The SMILES string of the molecule is COC(=O)c1cc2cc(N(CCO)C(=O)CC(C)(C)C)ccc2s1. The van der Waals surface area contributed by atoms with E-state index < -0.39 is 0 Å². The Hall–Kier alpha value is -1.92. The largest absolute Gasteiger partial charge is 0.465 e. The van der Waals surface area contributed by atoms with E-state index in [9.17, 15) is 14.7 Å². The number of benzene rings is 1. The molecule has 130 valence electrons. The third-order valence-corrected chi connectivity index (χ3v) is 4.60. The monoisotopic (exact) mass is 349 g/mol. The third-order valence-electron chi connectivity index (χ3n) is 3.50. The summed E-state index contributed by atoms with van der Waals surface area (Å²) in [5, 5.41) is 10.2. The maximum atomic E-state index is 12.6. The summed E-state index contributed by atoms with van der Waals surface area (Å²) in [6, 6.07) is 7.36. The molecule has 0 unspecified atom stereocenters. The summed E-state index contributed by atoms with van der Waals surface area (Å²) >= 11 is 1.35. The smallest absolute Gasteiger partial charge is 0.348 e. The van der Waals surface area contributed by atoms with Crippen LogP contribution in [0.4, 0.5) is 5.69 Å². The zero-order valence-corrected chi connectivity index (χ0v) is 15.3. The van der Waals surface area contributed by atoms with Gasteiger partial charge in [0, 0.05) is 23.4 Å². The van der Waals surface area contributed by atoms with E-state index in [2.05, 4.69) is 0 Å². The number of ether oxygens (including phenoxy) is 1. The number of thiophene rings is 1. The number of amides is 1. The zero-order chi connectivity index (χ0) is 17.9. The standard InChI is InChI=1S/C18H23NO4S/c1-18(2,3)11-16(21)19(7-8-20)13-5-6-14-12(9-13)10-15(24-14)17(22)23-4/h5-6,9-10,20H,7-8,11H2,1-4H3. The molecule has 1 aromatic heterocycles. The van der Waals surface area contributed by atoms with Gasteiger partial charge in [-0.2, -0.15) is 0 Å². The number of esters is 1. The molecule has 0 aliphatic heterocycles. The molecular formula is C18H23NO4S. The van der Waals surface area contributed by atoms with Crippen LogP contribution in [-0.4, -0.2) is 37.2 Å². The van der Waals surface area contributed by atoms with E-state index in [0.29, 0.717) is 11.3 Å². The van der Waals surface area contributed by atoms with Gasteiger partial charge in [0.1, 0.15) is 4.88 Å². The molecule has 1 heterocycles. The summed E-state index contributed by atoms with van der Waals surface area (Å²) in [5.74, 6) is -0.395. The molecule has 0 spiro atoms. The van der Waals surface area contributed by atoms with Gasteiger partial charge in [-0.15, -0.1) is 11.3 Å². The lowest BCUT2D eigenvalue weighted by atomic mass is 9.91. The minimum absolute atomic E-state index is 0.0284. The second kappa shape index (κ2) is 7.32. The predicted molar refractivity (Wildman–Crippen MR) is 96.7 cm³/mol. The fraction of sp³-hybridized carbons (Fsp3) is 0.444. The maximum absolute atomic E-state index is 12.6. The van der Waals surface area contributed by atoms with E-state index in [1.165, 1.54) is 18.4 Å². The number of carbonyl (C=O) groups is 2. The molecule has 0 aliphatic carbocycles. The molecule has 5 nitrogen and oxygen atoms in total. The third kappa shape index (κ3) is 4.33. The van der Waals surface area contributed by atoms with E-state index in [4.69, 9.17) is 4.74 Å². The van der Waals surface area contributed by atoms with Gasteiger partial charge in [0.2, 0.25) is 5.91 Å². The minimum atomic E-state index is -0.367. The number of anilines is 1. The Bertz CT molecular complexity index is 745. The van der Waals surface area contributed by atoms with Crippen LogP contribution in [0.15, 0.2) is 24.3 Å². The second-order valence-corrected chi connectivity index (χ2v) is 7.91. The first kappa shape index (κ1) is 18.4. The van der Waals surface area contributed by atoms with Crippen LogP contribution in [0.1, 0.15) is 36.9 Å². The summed E-state index contributed by atoms with van der Waals surface area (Å²) in [7, 11) is 1.35. The average molecular weight is 349 g/mol. The van der Waals surface area contributed by atoms with Crippen LogP contribution in [0.3, 0.4) is 0 Å². The van der Waals surface area contributed by atoms with Crippen molar-refractivity contribution in [1.29, 1.82) is 0 Å². The molecule has 6 heteroatoms. The first-order valence-corrected chi connectivity index (χ1v) is 8.60. The van der Waals surface area contributed by atoms with Crippen LogP contribution in [0.5, 0.6) is 0 Å². The number of nitrogens with zero attached hydrogens (tertiary/aromatic N) is 1. The summed E-state index contributed by atoms with van der Waals surface area (Å²) < 4.78 is 5.70. The van der Waals surface area contributed by atoms with Crippen molar-refractivity contribution in [3.8, 4) is 0 Å². The van der Waals surface area contributed by atoms with Crippen LogP contribution in [0.2, 0.25) is 0 Å². The molecule has 1 amide bonds. The Morgan fingerprint density at radius 1 is 1.25 bits per heavy atom. The van der Waals surface area contributed by atoms with Crippen molar-refractivity contribution in [2.45, 2.75) is 27.2 Å². The van der Waals surface area contributed by atoms with E-state index >= 15 is 0 Å². The molecule has 0 saturated heterocycles. The highest BCUT2D eigenvalue weighted by Crippen LogP contribution is 2.31. The van der Waals surface area contributed by atoms with Crippen molar-refractivity contribution in [3.63, 3.8) is 0 Å². The lowest BCUT2D eigenvalue weighted by Gasteiger charge is -2.26. The zero-order valence-electron chi connectivity index (χ0n) is 14.5. The van der Waals surface area contributed by atoms with Gasteiger partial charge in [-0.25, -0.2) is 4.79 Å². The molecular weight excluding hydrogens is 326 g/mol. The molecule has 0 aliphatic rings. The predicted octanol–water partition coefficient (Wildman–Crippen LogP) is 3.45.